The molecule has 2 aromatic rings. The summed E-state index contributed by atoms with van der Waals surface area (Å²) in [6.45, 7) is 14.9. The normalized spacial score (nSPS) is 21.9. The Kier molecular flexibility index (Phi) is 7.68. The summed E-state index contributed by atoms with van der Waals surface area (Å²) in [7, 11) is 0. The van der Waals surface area contributed by atoms with Crippen molar-refractivity contribution in [2.24, 2.45) is 11.8 Å². The van der Waals surface area contributed by atoms with Gasteiger partial charge in [0.15, 0.2) is 0 Å². The zero-order valence-electron chi connectivity index (χ0n) is 21.4. The molecule has 178 valence electrons. The third-order valence-corrected chi connectivity index (χ3v) is 35.9. The van der Waals surface area contributed by atoms with E-state index < -0.39 is 20.1 Å². The van der Waals surface area contributed by atoms with Gasteiger partial charge in [0, 0.05) is 0 Å². The summed E-state index contributed by atoms with van der Waals surface area (Å²) in [6.07, 6.45) is 11.2. The van der Waals surface area contributed by atoms with Gasteiger partial charge >= 0.3 is 203 Å². The monoisotopic (exact) mass is 674 g/mol. The van der Waals surface area contributed by atoms with E-state index in [4.69, 9.17) is 0 Å². The standard InChI is InChI=1S/2C14H15.C2H6Si.2ClH.Hf/c2*1-9-3-4-10(2)14-8-12(7-13(9)14)11-5-6-11;1-3-2;;;/h2*3-4,7-8,11H,5-6H2,1-2H3;1-2H3;2*1H;/q;;;;;+2/p-2. The Bertz CT molecular complexity index is 1170. The van der Waals surface area contributed by atoms with Crippen molar-refractivity contribution < 1.29 is 44.9 Å². The van der Waals surface area contributed by atoms with Crippen LogP contribution in [0.2, 0.25) is 13.1 Å². The molecule has 34 heavy (non-hydrogen) atoms. The molecular weight excluding hydrogens is 638 g/mol. The van der Waals surface area contributed by atoms with Crippen LogP contribution < -0.4 is 24.8 Å². The summed E-state index contributed by atoms with van der Waals surface area (Å²) in [6, 6.07) is 9.61. The maximum absolute atomic E-state index is 2.70. The van der Waals surface area contributed by atoms with Gasteiger partial charge in [-0.15, -0.1) is 0 Å². The quantitative estimate of drug-likeness (QED) is 0.437. The number of aryl methyl sites for hydroxylation is 4. The number of fused-ring (bicyclic) bond motifs is 2. The topological polar surface area (TPSA) is 0 Å². The van der Waals surface area contributed by atoms with Gasteiger partial charge < -0.3 is 24.8 Å². The summed E-state index contributed by atoms with van der Waals surface area (Å²) in [5.74, 6) is 1.78. The van der Waals surface area contributed by atoms with E-state index in [1.54, 1.807) is 33.4 Å². The van der Waals surface area contributed by atoms with Gasteiger partial charge in [-0.25, -0.2) is 0 Å². The molecule has 0 bridgehead atoms. The molecule has 0 saturated heterocycles. The van der Waals surface area contributed by atoms with Crippen LogP contribution in [0.4, 0.5) is 0 Å². The van der Waals surface area contributed by atoms with Crippen LogP contribution in [0.5, 0.6) is 0 Å². The molecule has 4 aliphatic rings. The van der Waals surface area contributed by atoms with Crippen LogP contribution in [-0.4, -0.2) is 5.49 Å². The van der Waals surface area contributed by atoms with Gasteiger partial charge in [0.1, 0.15) is 0 Å². The van der Waals surface area contributed by atoms with Gasteiger partial charge in [-0.3, -0.25) is 0 Å². The second kappa shape index (κ2) is 9.80. The first kappa shape index (κ1) is 26.6. The van der Waals surface area contributed by atoms with Crippen LogP contribution in [0.25, 0.3) is 12.2 Å². The van der Waals surface area contributed by atoms with Crippen molar-refractivity contribution in [3.8, 4) is 0 Å². The summed E-state index contributed by atoms with van der Waals surface area (Å²) < 4.78 is 1.67. The van der Waals surface area contributed by atoms with Gasteiger partial charge in [-0.1, -0.05) is 0 Å². The third-order valence-electron chi connectivity index (χ3n) is 8.61. The SMILES string of the molecule is Cc1ccc(C)c2c1C=C(C1CC1)[CH]2[Hf+2]([CH]1C(C2CC2)=Cc2c(C)ccc(C)c21)=[Si](C)C.[Cl-].[Cl-]. The van der Waals surface area contributed by atoms with Crippen molar-refractivity contribution in [1.82, 2.24) is 0 Å². The van der Waals surface area contributed by atoms with Crippen LogP contribution in [0.1, 0.15) is 77.5 Å². The second-order valence-electron chi connectivity index (χ2n) is 11.2. The van der Waals surface area contributed by atoms with Crippen LogP contribution in [0, 0.1) is 39.5 Å². The van der Waals surface area contributed by atoms with Crippen molar-refractivity contribution >= 4 is 17.6 Å². The van der Waals surface area contributed by atoms with Crippen molar-refractivity contribution in [3.63, 3.8) is 0 Å². The van der Waals surface area contributed by atoms with E-state index in [9.17, 15) is 0 Å². The fourth-order valence-corrected chi connectivity index (χ4v) is 36.4. The van der Waals surface area contributed by atoms with Crippen LogP contribution >= 0.6 is 0 Å². The third kappa shape index (κ3) is 4.23. The largest absolute Gasteiger partial charge is 1.00 e. The molecule has 4 aliphatic carbocycles. The van der Waals surface area contributed by atoms with E-state index in [-0.39, 0.29) is 30.3 Å². The molecule has 0 amide bonds. The Morgan fingerprint density at radius 2 is 0.971 bits per heavy atom. The van der Waals surface area contributed by atoms with E-state index in [1.807, 2.05) is 11.1 Å². The van der Waals surface area contributed by atoms with E-state index in [0.29, 0.717) is 0 Å². The summed E-state index contributed by atoms with van der Waals surface area (Å²) in [4.78, 5) is 0. The van der Waals surface area contributed by atoms with Crippen molar-refractivity contribution in [3.05, 3.63) is 79.9 Å². The van der Waals surface area contributed by atoms with Crippen LogP contribution in [0.3, 0.4) is 0 Å². The van der Waals surface area contributed by atoms with Crippen molar-refractivity contribution in [2.45, 2.75) is 73.8 Å². The van der Waals surface area contributed by atoms with E-state index in [0.717, 1.165) is 19.2 Å². The zero-order valence-corrected chi connectivity index (χ0v) is 27.5. The number of halogens is 2. The van der Waals surface area contributed by atoms with Gasteiger partial charge in [0.25, 0.3) is 0 Å². The number of rotatable bonds is 4. The predicted molar refractivity (Wildman–Crippen MR) is 136 cm³/mol. The summed E-state index contributed by atoms with van der Waals surface area (Å²) >= 11 is -2.18. The van der Waals surface area contributed by atoms with Gasteiger partial charge in [-0.05, 0) is 0 Å². The van der Waals surface area contributed by atoms with E-state index >= 15 is 0 Å². The fourth-order valence-electron chi connectivity index (χ4n) is 6.65. The predicted octanol–water partition coefficient (Wildman–Crippen LogP) is 2.19. The molecule has 0 aromatic heterocycles. The minimum absolute atomic E-state index is 0. The van der Waals surface area contributed by atoms with E-state index in [1.165, 1.54) is 36.8 Å². The van der Waals surface area contributed by atoms with Crippen molar-refractivity contribution in [1.29, 1.82) is 0 Å². The molecule has 0 radical (unpaired) electrons. The molecule has 2 aromatic carbocycles. The molecule has 2 unspecified atom stereocenters. The Hall–Kier alpha value is -0.413. The smallest absolute Gasteiger partial charge is 1.00 e. The number of hydrogen-bond donors (Lipinski definition) is 0. The molecule has 2 fully saturated rings. The molecule has 2 atom stereocenters. The zero-order chi connectivity index (χ0) is 22.3. The minimum Gasteiger partial charge on any atom is -1.00 e. The Labute approximate surface area is 226 Å². The van der Waals surface area contributed by atoms with Crippen molar-refractivity contribution in [2.75, 3.05) is 0 Å². The molecule has 0 spiro atoms. The molecule has 0 heterocycles. The summed E-state index contributed by atoms with van der Waals surface area (Å²) in [5.41, 5.74) is 16.4. The minimum atomic E-state index is -2.18. The molecular formula is C30H36Cl2HfSi. The Morgan fingerprint density at radius 1 is 0.618 bits per heavy atom. The fraction of sp³-hybridized carbons (Fsp3) is 0.467. The van der Waals surface area contributed by atoms with Crippen LogP contribution in [0.15, 0.2) is 35.4 Å². The van der Waals surface area contributed by atoms with Gasteiger partial charge in [-0.2, -0.15) is 0 Å². The first-order chi connectivity index (χ1) is 15.4. The number of allylic oxidation sites excluding steroid dienone is 2. The Morgan fingerprint density at radius 3 is 1.29 bits per heavy atom. The second-order valence-corrected chi connectivity index (χ2v) is 36.1. The average Bonchev–Trinajstić information content (AvgIpc) is 3.69. The van der Waals surface area contributed by atoms with Crippen LogP contribution in [-0.2, 0) is 20.1 Å². The number of hydrogen-bond acceptors (Lipinski definition) is 0. The molecule has 0 nitrogen and oxygen atoms in total. The summed E-state index contributed by atoms with van der Waals surface area (Å²) in [5, 5.41) is 0. The maximum atomic E-state index is 2.70. The molecule has 2 saturated carbocycles. The van der Waals surface area contributed by atoms with Gasteiger partial charge in [0.2, 0.25) is 0 Å². The van der Waals surface area contributed by atoms with E-state index in [2.05, 4.69) is 77.2 Å². The average molecular weight is 674 g/mol. The first-order valence-electron chi connectivity index (χ1n) is 12.7. The molecule has 6 rings (SSSR count). The Balaban J connectivity index is 0.00000137. The molecule has 0 N–H and O–H groups in total. The molecule has 4 heteroatoms. The molecule has 0 aliphatic heterocycles. The van der Waals surface area contributed by atoms with Gasteiger partial charge in [0.05, 0.1) is 0 Å². The number of benzene rings is 2. The maximum Gasteiger partial charge on any atom is -1.00 e. The first-order valence-corrected chi connectivity index (χ1v) is 24.7.